The Morgan fingerprint density at radius 3 is 2.26 bits per heavy atom. The number of fused-ring (bicyclic) bond motifs is 1. The maximum absolute atomic E-state index is 12.9. The molecule has 2 aromatic rings. The Balaban J connectivity index is 1.29. The molecule has 0 spiro atoms. The van der Waals surface area contributed by atoms with Gasteiger partial charge < -0.3 is 14.4 Å². The summed E-state index contributed by atoms with van der Waals surface area (Å²) in [4.78, 5) is 64.5. The minimum Gasteiger partial charge on any atom is -0.494 e. The molecule has 11 nitrogen and oxygen atoms in total. The number of hydrogen-bond acceptors (Lipinski definition) is 8. The average Bonchev–Trinajstić information content (AvgIpc) is 3.41. The summed E-state index contributed by atoms with van der Waals surface area (Å²) >= 11 is 0. The van der Waals surface area contributed by atoms with Crippen LogP contribution in [0, 0.1) is 34.8 Å². The third-order valence-electron chi connectivity index (χ3n) is 7.26. The molecule has 0 bridgehead atoms. The first kappa shape index (κ1) is 25.1. The lowest BCUT2D eigenvalue weighted by Crippen LogP contribution is -2.31. The van der Waals surface area contributed by atoms with Crippen LogP contribution in [0.2, 0.25) is 0 Å². The quantitative estimate of drug-likeness (QED) is 0.142. The molecule has 5 rings (SSSR count). The van der Waals surface area contributed by atoms with E-state index >= 15 is 0 Å². The molecule has 2 heterocycles. The maximum atomic E-state index is 12.9. The fraction of sp³-hybridized carbons (Fsp3) is 0.333. The number of ether oxygens (including phenoxy) is 2. The number of anilines is 2. The molecule has 196 valence electrons. The zero-order valence-corrected chi connectivity index (χ0v) is 20.8. The average molecular weight is 520 g/mol. The number of imide groups is 1. The number of methoxy groups -OCH3 is 1. The molecule has 3 atom stereocenters. The van der Waals surface area contributed by atoms with Crippen LogP contribution < -0.4 is 19.3 Å². The van der Waals surface area contributed by atoms with Crippen LogP contribution in [-0.2, 0) is 19.2 Å². The molecule has 0 saturated carbocycles. The number of benzene rings is 2. The standard InChI is InChI=1S/C27H25N3O8/c1-15-11-18(8-10-21(15)29-25(32)19-5-3-4-6-20(19)26(29)33)38-27(34)16-12-24(31)28(14-16)22-9-7-17(30(35)36)13-23(22)37-2/h3-4,7-11,13,16,19-20H,5-6,12,14H2,1-2H3/t16-,19-,20+/m0/s1. The van der Waals surface area contributed by atoms with E-state index in [2.05, 4.69) is 0 Å². The van der Waals surface area contributed by atoms with Gasteiger partial charge in [-0.2, -0.15) is 0 Å². The molecule has 0 radical (unpaired) electrons. The van der Waals surface area contributed by atoms with Gasteiger partial charge in [-0.25, -0.2) is 4.90 Å². The molecular weight excluding hydrogens is 494 g/mol. The van der Waals surface area contributed by atoms with Crippen molar-refractivity contribution < 1.29 is 33.6 Å². The first-order valence-electron chi connectivity index (χ1n) is 12.2. The van der Waals surface area contributed by atoms with Gasteiger partial charge in [0.05, 0.1) is 47.2 Å². The lowest BCUT2D eigenvalue weighted by Gasteiger charge is -2.19. The highest BCUT2D eigenvalue weighted by Crippen LogP contribution is 2.40. The zero-order chi connectivity index (χ0) is 27.1. The number of nitro benzene ring substituents is 1. The minimum absolute atomic E-state index is 0.0243. The highest BCUT2D eigenvalue weighted by atomic mass is 16.6. The van der Waals surface area contributed by atoms with Crippen LogP contribution in [0.3, 0.4) is 0 Å². The number of carbonyl (C=O) groups excluding carboxylic acids is 4. The molecule has 0 N–H and O–H groups in total. The molecule has 0 unspecified atom stereocenters. The van der Waals surface area contributed by atoms with E-state index in [1.165, 1.54) is 41.2 Å². The molecule has 1 aliphatic carbocycles. The van der Waals surface area contributed by atoms with E-state index in [0.29, 0.717) is 29.8 Å². The number of nitrogens with zero attached hydrogens (tertiary/aromatic N) is 3. The van der Waals surface area contributed by atoms with Crippen molar-refractivity contribution in [1.82, 2.24) is 0 Å². The SMILES string of the molecule is COc1cc([N+](=O)[O-])ccc1N1C[C@@H](C(=O)Oc2ccc(N3C(=O)[C@H]4CC=CC[C@H]4C3=O)c(C)c2)CC1=O. The predicted octanol–water partition coefficient (Wildman–Crippen LogP) is 3.33. The van der Waals surface area contributed by atoms with E-state index in [-0.39, 0.29) is 59.7 Å². The minimum atomic E-state index is -0.764. The Labute approximate surface area is 217 Å². The number of carbonyl (C=O) groups is 4. The number of aryl methyl sites for hydroxylation is 1. The van der Waals surface area contributed by atoms with E-state index in [0.717, 1.165) is 0 Å². The second-order valence-corrected chi connectivity index (χ2v) is 9.56. The maximum Gasteiger partial charge on any atom is 0.316 e. The zero-order valence-electron chi connectivity index (χ0n) is 20.8. The van der Waals surface area contributed by atoms with Crippen LogP contribution in [0.15, 0.2) is 48.6 Å². The summed E-state index contributed by atoms with van der Waals surface area (Å²) < 4.78 is 10.8. The largest absolute Gasteiger partial charge is 0.494 e. The number of nitro groups is 1. The van der Waals surface area contributed by atoms with Gasteiger partial charge in [0.15, 0.2) is 0 Å². The van der Waals surface area contributed by atoms with Gasteiger partial charge in [0, 0.05) is 19.0 Å². The number of rotatable bonds is 6. The Morgan fingerprint density at radius 1 is 1.00 bits per heavy atom. The van der Waals surface area contributed by atoms with Crippen LogP contribution in [-0.4, -0.2) is 42.3 Å². The highest BCUT2D eigenvalue weighted by molar-refractivity contribution is 6.22. The van der Waals surface area contributed by atoms with Gasteiger partial charge in [0.2, 0.25) is 17.7 Å². The fourth-order valence-electron chi connectivity index (χ4n) is 5.28. The number of esters is 1. The number of amides is 3. The van der Waals surface area contributed by atoms with Crippen molar-refractivity contribution in [3.8, 4) is 11.5 Å². The molecule has 11 heteroatoms. The molecule has 2 fully saturated rings. The Hall–Kier alpha value is -4.54. The van der Waals surface area contributed by atoms with Crippen LogP contribution >= 0.6 is 0 Å². The summed E-state index contributed by atoms with van der Waals surface area (Å²) in [6.45, 7) is 1.76. The first-order chi connectivity index (χ1) is 18.2. The molecule has 0 aromatic heterocycles. The first-order valence-corrected chi connectivity index (χ1v) is 12.2. The van der Waals surface area contributed by atoms with Crippen LogP contribution in [0.1, 0.15) is 24.8 Å². The molecule has 2 saturated heterocycles. The Bertz CT molecular complexity index is 1370. The lowest BCUT2D eigenvalue weighted by atomic mass is 9.85. The summed E-state index contributed by atoms with van der Waals surface area (Å²) in [7, 11) is 1.34. The number of allylic oxidation sites excluding steroid dienone is 2. The Morgan fingerprint density at radius 2 is 1.66 bits per heavy atom. The van der Waals surface area contributed by atoms with Crippen LogP contribution in [0.5, 0.6) is 11.5 Å². The van der Waals surface area contributed by atoms with Gasteiger partial charge in [0.1, 0.15) is 11.5 Å². The van der Waals surface area contributed by atoms with Gasteiger partial charge in [-0.1, -0.05) is 12.2 Å². The second kappa shape index (κ2) is 9.73. The van der Waals surface area contributed by atoms with Crippen LogP contribution in [0.4, 0.5) is 17.1 Å². The van der Waals surface area contributed by atoms with Crippen LogP contribution in [0.25, 0.3) is 0 Å². The van der Waals surface area contributed by atoms with Crippen molar-refractivity contribution in [3.05, 3.63) is 64.2 Å². The monoisotopic (exact) mass is 519 g/mol. The molecule has 3 aliphatic rings. The van der Waals surface area contributed by atoms with Gasteiger partial charge in [-0.15, -0.1) is 0 Å². The van der Waals surface area contributed by atoms with Gasteiger partial charge in [-0.3, -0.25) is 29.3 Å². The van der Waals surface area contributed by atoms with Gasteiger partial charge in [-0.05, 0) is 49.6 Å². The molecular formula is C27H25N3O8. The summed E-state index contributed by atoms with van der Waals surface area (Å²) in [5, 5.41) is 11.1. The van der Waals surface area contributed by atoms with Crippen molar-refractivity contribution in [2.75, 3.05) is 23.5 Å². The van der Waals surface area contributed by atoms with Gasteiger partial charge in [0.25, 0.3) is 5.69 Å². The van der Waals surface area contributed by atoms with Crippen molar-refractivity contribution >= 4 is 40.8 Å². The van der Waals surface area contributed by atoms with Gasteiger partial charge >= 0.3 is 5.97 Å². The summed E-state index contributed by atoms with van der Waals surface area (Å²) in [6.07, 6.45) is 4.85. The van der Waals surface area contributed by atoms with E-state index in [4.69, 9.17) is 9.47 Å². The van der Waals surface area contributed by atoms with E-state index < -0.39 is 16.8 Å². The fourth-order valence-corrected chi connectivity index (χ4v) is 5.28. The third kappa shape index (κ3) is 4.29. The summed E-state index contributed by atoms with van der Waals surface area (Å²) in [6, 6.07) is 8.60. The van der Waals surface area contributed by atoms with Crippen molar-refractivity contribution in [2.45, 2.75) is 26.2 Å². The predicted molar refractivity (Wildman–Crippen MR) is 135 cm³/mol. The molecule has 2 aromatic carbocycles. The number of non-ortho nitro benzene ring substituents is 1. The van der Waals surface area contributed by atoms with E-state index in [1.54, 1.807) is 19.1 Å². The molecule has 2 aliphatic heterocycles. The Kier molecular flexibility index (Phi) is 6.43. The van der Waals surface area contributed by atoms with E-state index in [9.17, 15) is 29.3 Å². The highest BCUT2D eigenvalue weighted by Gasteiger charge is 2.48. The second-order valence-electron chi connectivity index (χ2n) is 9.56. The third-order valence-corrected chi connectivity index (χ3v) is 7.26. The topological polar surface area (TPSA) is 136 Å². The normalized spacial score (nSPS) is 22.6. The molecule has 3 amide bonds. The lowest BCUT2D eigenvalue weighted by molar-refractivity contribution is -0.384. The summed E-state index contributed by atoms with van der Waals surface area (Å²) in [5.74, 6) is -2.47. The number of hydrogen-bond donors (Lipinski definition) is 0. The van der Waals surface area contributed by atoms with Crippen molar-refractivity contribution in [1.29, 1.82) is 0 Å². The smallest absolute Gasteiger partial charge is 0.316 e. The van der Waals surface area contributed by atoms with Crippen molar-refractivity contribution in [3.63, 3.8) is 0 Å². The van der Waals surface area contributed by atoms with E-state index in [1.807, 2.05) is 12.2 Å². The molecule has 38 heavy (non-hydrogen) atoms. The summed E-state index contributed by atoms with van der Waals surface area (Å²) in [5.41, 5.74) is 1.21. The van der Waals surface area contributed by atoms with Crippen molar-refractivity contribution in [2.24, 2.45) is 17.8 Å².